The summed E-state index contributed by atoms with van der Waals surface area (Å²) >= 11 is 1.64. The lowest BCUT2D eigenvalue weighted by atomic mass is 10.4. The molecule has 0 aliphatic rings. The molecule has 104 valence electrons. The fraction of sp³-hybridized carbons (Fsp3) is 0.583. The molecule has 2 N–H and O–H groups in total. The van der Waals surface area contributed by atoms with Crippen molar-refractivity contribution in [1.82, 2.24) is 24.5 Å². The van der Waals surface area contributed by atoms with Crippen molar-refractivity contribution in [2.75, 3.05) is 6.54 Å². The van der Waals surface area contributed by atoms with E-state index in [0.29, 0.717) is 12.6 Å². The zero-order valence-corrected chi connectivity index (χ0v) is 12.4. The van der Waals surface area contributed by atoms with E-state index in [4.69, 9.17) is 5.73 Å². The molecule has 0 saturated carbocycles. The van der Waals surface area contributed by atoms with Gasteiger partial charge in [-0.05, 0) is 26.8 Å². The van der Waals surface area contributed by atoms with Gasteiger partial charge in [0.25, 0.3) is 0 Å². The van der Waals surface area contributed by atoms with E-state index < -0.39 is 0 Å². The summed E-state index contributed by atoms with van der Waals surface area (Å²) in [5.41, 5.74) is 6.65. The molecule has 2 aromatic heterocycles. The van der Waals surface area contributed by atoms with Gasteiger partial charge in [0.2, 0.25) is 0 Å². The average molecular weight is 280 g/mol. The van der Waals surface area contributed by atoms with Crippen LogP contribution in [0.1, 0.15) is 31.4 Å². The number of nitrogens with two attached hydrogens (primary N) is 1. The first-order valence-electron chi connectivity index (χ1n) is 6.38. The zero-order valence-electron chi connectivity index (χ0n) is 11.6. The SMILES string of the molecule is Cc1nnc(SCc2ccn(C(C)C)n2)n1CCN. The third-order valence-electron chi connectivity index (χ3n) is 2.80. The third-order valence-corrected chi connectivity index (χ3v) is 3.80. The topological polar surface area (TPSA) is 74.5 Å². The molecule has 0 aromatic carbocycles. The Morgan fingerprint density at radius 2 is 2.16 bits per heavy atom. The van der Waals surface area contributed by atoms with Gasteiger partial charge < -0.3 is 10.3 Å². The van der Waals surface area contributed by atoms with Gasteiger partial charge in [0, 0.05) is 31.1 Å². The molecule has 19 heavy (non-hydrogen) atoms. The molecule has 0 atom stereocenters. The number of rotatable bonds is 6. The van der Waals surface area contributed by atoms with E-state index in [0.717, 1.165) is 29.0 Å². The molecular weight excluding hydrogens is 260 g/mol. The van der Waals surface area contributed by atoms with E-state index in [1.54, 1.807) is 11.8 Å². The van der Waals surface area contributed by atoms with Crippen LogP contribution in [0.5, 0.6) is 0 Å². The number of aromatic nitrogens is 5. The van der Waals surface area contributed by atoms with Gasteiger partial charge in [-0.3, -0.25) is 4.68 Å². The van der Waals surface area contributed by atoms with E-state index in [1.807, 2.05) is 28.4 Å². The molecule has 7 heteroatoms. The van der Waals surface area contributed by atoms with Crippen LogP contribution in [0.4, 0.5) is 0 Å². The standard InChI is InChI=1S/C12H20N6S/c1-9(2)18-6-4-11(16-18)8-19-12-15-14-10(3)17(12)7-5-13/h4,6,9H,5,7-8,13H2,1-3H3. The molecule has 0 fully saturated rings. The maximum absolute atomic E-state index is 5.60. The minimum Gasteiger partial charge on any atom is -0.329 e. The maximum Gasteiger partial charge on any atom is 0.191 e. The highest BCUT2D eigenvalue weighted by molar-refractivity contribution is 7.98. The van der Waals surface area contributed by atoms with Crippen molar-refractivity contribution in [3.05, 3.63) is 23.8 Å². The van der Waals surface area contributed by atoms with E-state index in [-0.39, 0.29) is 0 Å². The first-order valence-corrected chi connectivity index (χ1v) is 7.37. The molecule has 0 spiro atoms. The molecule has 2 aromatic rings. The summed E-state index contributed by atoms with van der Waals surface area (Å²) in [7, 11) is 0. The highest BCUT2D eigenvalue weighted by atomic mass is 32.2. The molecule has 6 nitrogen and oxygen atoms in total. The van der Waals surface area contributed by atoms with E-state index >= 15 is 0 Å². The van der Waals surface area contributed by atoms with Gasteiger partial charge in [-0.25, -0.2) is 0 Å². The lowest BCUT2D eigenvalue weighted by Gasteiger charge is -2.06. The molecule has 0 radical (unpaired) electrons. The van der Waals surface area contributed by atoms with Crippen molar-refractivity contribution >= 4 is 11.8 Å². The highest BCUT2D eigenvalue weighted by Gasteiger charge is 2.10. The second-order valence-electron chi connectivity index (χ2n) is 4.64. The zero-order chi connectivity index (χ0) is 13.8. The van der Waals surface area contributed by atoms with Crippen LogP contribution in [0.2, 0.25) is 0 Å². The summed E-state index contributed by atoms with van der Waals surface area (Å²) in [5.74, 6) is 1.70. The Hall–Kier alpha value is -1.34. The Balaban J connectivity index is 2.01. The van der Waals surface area contributed by atoms with Crippen LogP contribution in [0, 0.1) is 6.92 Å². The smallest absolute Gasteiger partial charge is 0.191 e. The van der Waals surface area contributed by atoms with Crippen molar-refractivity contribution in [3.8, 4) is 0 Å². The predicted octanol–water partition coefficient (Wildman–Crippen LogP) is 1.61. The maximum atomic E-state index is 5.60. The minimum atomic E-state index is 0.391. The third kappa shape index (κ3) is 3.36. The molecule has 0 bridgehead atoms. The first kappa shape index (κ1) is 14.1. The van der Waals surface area contributed by atoms with Crippen molar-refractivity contribution < 1.29 is 0 Å². The number of nitrogens with zero attached hydrogens (tertiary/aromatic N) is 5. The van der Waals surface area contributed by atoms with E-state index in [1.165, 1.54) is 0 Å². The minimum absolute atomic E-state index is 0.391. The van der Waals surface area contributed by atoms with Gasteiger partial charge in [0.15, 0.2) is 5.16 Å². The average Bonchev–Trinajstić information content (AvgIpc) is 2.96. The van der Waals surface area contributed by atoms with Gasteiger partial charge in [-0.1, -0.05) is 11.8 Å². The lowest BCUT2D eigenvalue weighted by Crippen LogP contribution is -2.12. The normalized spacial score (nSPS) is 11.4. The van der Waals surface area contributed by atoms with Gasteiger partial charge >= 0.3 is 0 Å². The van der Waals surface area contributed by atoms with Crippen LogP contribution in [0.15, 0.2) is 17.4 Å². The molecule has 2 heterocycles. The van der Waals surface area contributed by atoms with Crippen molar-refractivity contribution in [1.29, 1.82) is 0 Å². The van der Waals surface area contributed by atoms with Crippen LogP contribution >= 0.6 is 11.8 Å². The van der Waals surface area contributed by atoms with Crippen LogP contribution in [-0.2, 0) is 12.3 Å². The number of thioether (sulfide) groups is 1. The number of aryl methyl sites for hydroxylation is 1. The summed E-state index contributed by atoms with van der Waals surface area (Å²) in [4.78, 5) is 0. The largest absolute Gasteiger partial charge is 0.329 e. The van der Waals surface area contributed by atoms with E-state index in [9.17, 15) is 0 Å². The Morgan fingerprint density at radius 1 is 1.37 bits per heavy atom. The van der Waals surface area contributed by atoms with E-state index in [2.05, 4.69) is 29.1 Å². The van der Waals surface area contributed by atoms with Crippen LogP contribution in [0.25, 0.3) is 0 Å². The van der Waals surface area contributed by atoms with Crippen molar-refractivity contribution in [3.63, 3.8) is 0 Å². The monoisotopic (exact) mass is 280 g/mol. The summed E-state index contributed by atoms with van der Waals surface area (Å²) < 4.78 is 4.01. The van der Waals surface area contributed by atoms with Crippen LogP contribution < -0.4 is 5.73 Å². The van der Waals surface area contributed by atoms with Crippen LogP contribution in [-0.4, -0.2) is 31.1 Å². The summed E-state index contributed by atoms with van der Waals surface area (Å²) in [6, 6.07) is 2.44. The lowest BCUT2D eigenvalue weighted by molar-refractivity contribution is 0.528. The first-order chi connectivity index (χ1) is 9.11. The second-order valence-corrected chi connectivity index (χ2v) is 5.58. The highest BCUT2D eigenvalue weighted by Crippen LogP contribution is 2.21. The Labute approximate surface area is 117 Å². The molecule has 2 rings (SSSR count). The molecule has 0 aliphatic heterocycles. The van der Waals surface area contributed by atoms with Gasteiger partial charge in [0.05, 0.1) is 5.69 Å². The quantitative estimate of drug-likeness (QED) is 0.814. The number of hydrogen-bond donors (Lipinski definition) is 1. The molecule has 0 saturated heterocycles. The fourth-order valence-electron chi connectivity index (χ4n) is 1.74. The molecule has 0 amide bonds. The summed E-state index contributed by atoms with van der Waals surface area (Å²) in [6.45, 7) is 7.52. The Bertz CT molecular complexity index is 530. The predicted molar refractivity (Wildman–Crippen MR) is 76.0 cm³/mol. The molecule has 0 unspecified atom stereocenters. The van der Waals surface area contributed by atoms with Crippen LogP contribution in [0.3, 0.4) is 0 Å². The van der Waals surface area contributed by atoms with Crippen molar-refractivity contribution in [2.24, 2.45) is 5.73 Å². The number of hydrogen-bond acceptors (Lipinski definition) is 5. The Morgan fingerprint density at radius 3 is 2.79 bits per heavy atom. The van der Waals surface area contributed by atoms with Crippen molar-refractivity contribution in [2.45, 2.75) is 44.3 Å². The van der Waals surface area contributed by atoms with Gasteiger partial charge in [-0.2, -0.15) is 5.10 Å². The van der Waals surface area contributed by atoms with Gasteiger partial charge in [0.1, 0.15) is 5.82 Å². The van der Waals surface area contributed by atoms with Gasteiger partial charge in [-0.15, -0.1) is 10.2 Å². The second kappa shape index (κ2) is 6.21. The Kier molecular flexibility index (Phi) is 4.60. The summed E-state index contributed by atoms with van der Waals surface area (Å²) in [6.07, 6.45) is 2.01. The molecule has 0 aliphatic carbocycles. The molecular formula is C12H20N6S. The summed E-state index contributed by atoms with van der Waals surface area (Å²) in [5, 5.41) is 13.7. The fourth-order valence-corrected chi connectivity index (χ4v) is 2.64.